The van der Waals surface area contributed by atoms with Gasteiger partial charge in [-0.1, -0.05) is 36.4 Å². The van der Waals surface area contributed by atoms with Gasteiger partial charge in [0.05, 0.1) is 22.7 Å². The SMILES string of the molecule is CC(C)OC(=O)C1=Cc2c(n(C)c3ccccc23)C(=C2c3c(c4ccccc4n3C)C=C(C(=O)OC(C)C)[N+]2=O)N1[O-]. The summed E-state index contributed by atoms with van der Waals surface area (Å²) < 4.78 is 15.0. The molecular formula is C32H30N4O6. The first kappa shape index (κ1) is 27.2. The normalized spacial score (nSPS) is 16.6. The molecule has 0 saturated carbocycles. The third kappa shape index (κ3) is 3.98. The van der Waals surface area contributed by atoms with Gasteiger partial charge in [-0.05, 0) is 45.9 Å². The van der Waals surface area contributed by atoms with Crippen LogP contribution in [0.4, 0.5) is 0 Å². The number of hydroxylamine groups is 2. The Bertz CT molecular complexity index is 1930. The average Bonchev–Trinajstić information content (AvgIpc) is 3.39. The molecule has 0 saturated heterocycles. The Labute approximate surface area is 241 Å². The second-order valence-corrected chi connectivity index (χ2v) is 10.9. The highest BCUT2D eigenvalue weighted by molar-refractivity contribution is 6.10. The van der Waals surface area contributed by atoms with Crippen LogP contribution in [0.5, 0.6) is 0 Å². The minimum Gasteiger partial charge on any atom is -0.753 e. The highest BCUT2D eigenvalue weighted by Crippen LogP contribution is 2.46. The molecule has 2 aromatic carbocycles. The molecule has 0 amide bonds. The van der Waals surface area contributed by atoms with Crippen molar-refractivity contribution in [3.05, 3.63) is 92.6 Å². The zero-order valence-corrected chi connectivity index (χ0v) is 24.2. The minimum atomic E-state index is -0.822. The van der Waals surface area contributed by atoms with Gasteiger partial charge in [0, 0.05) is 58.0 Å². The molecular weight excluding hydrogens is 536 g/mol. The predicted molar refractivity (Wildman–Crippen MR) is 160 cm³/mol. The van der Waals surface area contributed by atoms with Crippen LogP contribution in [0.3, 0.4) is 0 Å². The van der Waals surface area contributed by atoms with Gasteiger partial charge in [0.15, 0.2) is 0 Å². The standard InChI is InChI=1S/C32H30N4O6/c1-17(2)41-31(37)25-15-21-19-11-7-9-13-23(19)33(5)27(21)29(35(25)39)30-28-22(20-12-8-10-14-24(20)34(28)6)16-26(36(30)40)32(38)42-18(3)4/h7-18H,1-6H3. The van der Waals surface area contributed by atoms with Crippen LogP contribution < -0.4 is 0 Å². The van der Waals surface area contributed by atoms with E-state index < -0.39 is 24.1 Å². The van der Waals surface area contributed by atoms with Gasteiger partial charge in [0.2, 0.25) is 0 Å². The number of nitrogens with zero attached hydrogens (tertiary/aromatic N) is 4. The van der Waals surface area contributed by atoms with Gasteiger partial charge in [-0.3, -0.25) is 0 Å². The zero-order valence-electron chi connectivity index (χ0n) is 24.2. The van der Waals surface area contributed by atoms with E-state index in [-0.39, 0.29) is 22.8 Å². The highest BCUT2D eigenvalue weighted by Gasteiger charge is 2.46. The van der Waals surface area contributed by atoms with Crippen molar-refractivity contribution in [1.29, 1.82) is 0 Å². The Morgan fingerprint density at radius 2 is 1.26 bits per heavy atom. The van der Waals surface area contributed by atoms with Crippen molar-refractivity contribution in [3.63, 3.8) is 0 Å². The summed E-state index contributed by atoms with van der Waals surface area (Å²) in [5.74, 6) is -1.64. The third-order valence-electron chi connectivity index (χ3n) is 7.47. The Hall–Kier alpha value is -4.96. The molecule has 0 unspecified atom stereocenters. The van der Waals surface area contributed by atoms with Crippen molar-refractivity contribution in [1.82, 2.24) is 14.2 Å². The molecule has 0 bridgehead atoms. The minimum absolute atomic E-state index is 0.0768. The molecule has 214 valence electrons. The van der Waals surface area contributed by atoms with Crippen molar-refractivity contribution >= 4 is 57.3 Å². The van der Waals surface area contributed by atoms with Crippen LogP contribution in [0.2, 0.25) is 0 Å². The number of hydrogen-bond acceptors (Lipinski definition) is 7. The Morgan fingerprint density at radius 3 is 1.83 bits per heavy atom. The first-order chi connectivity index (χ1) is 20.0. The van der Waals surface area contributed by atoms with E-state index in [0.717, 1.165) is 21.8 Å². The van der Waals surface area contributed by atoms with Crippen LogP contribution in [0, 0.1) is 10.1 Å². The Balaban J connectivity index is 1.75. The molecule has 0 radical (unpaired) electrons. The molecule has 2 aliphatic rings. The second kappa shape index (κ2) is 9.85. The fourth-order valence-electron chi connectivity index (χ4n) is 5.78. The molecule has 0 aliphatic carbocycles. The molecule has 0 spiro atoms. The molecule has 0 atom stereocenters. The predicted octanol–water partition coefficient (Wildman–Crippen LogP) is 5.69. The number of carbonyl (C=O) groups is 2. The van der Waals surface area contributed by atoms with E-state index in [1.165, 1.54) is 12.2 Å². The largest absolute Gasteiger partial charge is 0.753 e. The zero-order chi connectivity index (χ0) is 30.0. The summed E-state index contributed by atoms with van der Waals surface area (Å²) >= 11 is 0. The number of nitroso groups, excluding NO2 is 1. The lowest BCUT2D eigenvalue weighted by Crippen LogP contribution is -2.31. The number of rotatable bonds is 4. The van der Waals surface area contributed by atoms with Gasteiger partial charge in [0.25, 0.3) is 0 Å². The molecule has 0 N–H and O–H groups in total. The lowest BCUT2D eigenvalue weighted by molar-refractivity contribution is -0.395. The van der Waals surface area contributed by atoms with E-state index in [2.05, 4.69) is 0 Å². The third-order valence-corrected chi connectivity index (χ3v) is 7.47. The van der Waals surface area contributed by atoms with Crippen molar-refractivity contribution < 1.29 is 23.8 Å². The fraction of sp³-hybridized carbons (Fsp3) is 0.250. The summed E-state index contributed by atoms with van der Waals surface area (Å²) in [6, 6.07) is 15.1. The highest BCUT2D eigenvalue weighted by atomic mass is 16.6. The first-order valence-corrected chi connectivity index (χ1v) is 13.7. The van der Waals surface area contributed by atoms with Gasteiger partial charge in [-0.15, -0.1) is 0 Å². The summed E-state index contributed by atoms with van der Waals surface area (Å²) in [5.41, 5.74) is 2.93. The smallest absolute Gasteiger partial charge is 0.409 e. The number of fused-ring (bicyclic) bond motifs is 6. The van der Waals surface area contributed by atoms with Gasteiger partial charge >= 0.3 is 23.3 Å². The summed E-state index contributed by atoms with van der Waals surface area (Å²) in [5, 5.41) is 16.4. The number of benzene rings is 2. The molecule has 10 heteroatoms. The number of aromatic nitrogens is 2. The van der Waals surface area contributed by atoms with Crippen LogP contribution in [0.15, 0.2) is 59.9 Å². The van der Waals surface area contributed by atoms with E-state index in [9.17, 15) is 19.7 Å². The monoisotopic (exact) mass is 566 g/mol. The molecule has 4 aromatic rings. The van der Waals surface area contributed by atoms with Crippen molar-refractivity contribution in [2.45, 2.75) is 39.9 Å². The molecule has 4 heterocycles. The number of para-hydroxylation sites is 2. The van der Waals surface area contributed by atoms with Crippen molar-refractivity contribution in [2.24, 2.45) is 14.1 Å². The quantitative estimate of drug-likeness (QED) is 0.231. The topological polar surface area (TPSA) is 109 Å². The number of ether oxygens (including phenoxy) is 2. The Kier molecular flexibility index (Phi) is 6.38. The van der Waals surface area contributed by atoms with Crippen LogP contribution >= 0.6 is 0 Å². The van der Waals surface area contributed by atoms with Gasteiger partial charge in [0.1, 0.15) is 17.1 Å². The lowest BCUT2D eigenvalue weighted by Gasteiger charge is -2.37. The molecule has 0 fully saturated rings. The molecule has 2 aliphatic heterocycles. The lowest BCUT2D eigenvalue weighted by atomic mass is 9.97. The van der Waals surface area contributed by atoms with E-state index in [1.807, 2.05) is 57.7 Å². The van der Waals surface area contributed by atoms with Gasteiger partial charge in [-0.25, -0.2) is 9.59 Å². The number of esters is 2. The van der Waals surface area contributed by atoms with E-state index in [4.69, 9.17) is 9.47 Å². The number of hydrogen-bond donors (Lipinski definition) is 0. The van der Waals surface area contributed by atoms with Crippen LogP contribution in [0.1, 0.15) is 50.2 Å². The van der Waals surface area contributed by atoms with E-state index >= 15 is 0 Å². The molecule has 42 heavy (non-hydrogen) atoms. The first-order valence-electron chi connectivity index (χ1n) is 13.7. The maximum Gasteiger partial charge on any atom is 0.409 e. The maximum absolute atomic E-state index is 14.3. The second-order valence-electron chi connectivity index (χ2n) is 10.9. The molecule has 2 aromatic heterocycles. The summed E-state index contributed by atoms with van der Waals surface area (Å²) in [4.78, 5) is 40.9. The summed E-state index contributed by atoms with van der Waals surface area (Å²) in [6.07, 6.45) is 2.05. The fourth-order valence-corrected chi connectivity index (χ4v) is 5.78. The van der Waals surface area contributed by atoms with Gasteiger partial charge < -0.3 is 28.9 Å². The Morgan fingerprint density at radius 1 is 0.762 bits per heavy atom. The van der Waals surface area contributed by atoms with Crippen molar-refractivity contribution in [2.75, 3.05) is 0 Å². The van der Waals surface area contributed by atoms with Crippen LogP contribution in [-0.4, -0.2) is 43.1 Å². The summed E-state index contributed by atoms with van der Waals surface area (Å²) in [7, 11) is 3.59. The number of carbonyl (C=O) groups excluding carboxylic acids is 2. The van der Waals surface area contributed by atoms with Crippen molar-refractivity contribution in [3.8, 4) is 0 Å². The van der Waals surface area contributed by atoms with Crippen LogP contribution in [-0.2, 0) is 33.2 Å². The maximum atomic E-state index is 14.3. The average molecular weight is 567 g/mol. The number of aryl methyl sites for hydroxylation is 2. The van der Waals surface area contributed by atoms with E-state index in [1.54, 1.807) is 41.8 Å². The van der Waals surface area contributed by atoms with Gasteiger partial charge in [-0.2, -0.15) is 0 Å². The van der Waals surface area contributed by atoms with Crippen LogP contribution in [0.25, 0.3) is 45.4 Å². The summed E-state index contributed by atoms with van der Waals surface area (Å²) in [6.45, 7) is 6.77. The molecule has 6 rings (SSSR count). The molecule has 10 nitrogen and oxygen atoms in total. The van der Waals surface area contributed by atoms with E-state index in [0.29, 0.717) is 32.3 Å².